The zero-order valence-electron chi connectivity index (χ0n) is 25.9. The molecule has 1 fully saturated rings. The Balaban J connectivity index is 0.000000520. The lowest BCUT2D eigenvalue weighted by Gasteiger charge is -2.25. The summed E-state index contributed by atoms with van der Waals surface area (Å²) < 4.78 is 66.7. The van der Waals surface area contributed by atoms with Gasteiger partial charge in [-0.2, -0.15) is 21.6 Å². The zero-order valence-corrected chi connectivity index (χ0v) is 26.7. The summed E-state index contributed by atoms with van der Waals surface area (Å²) in [4.78, 5) is 51.6. The third-order valence-electron chi connectivity index (χ3n) is 6.38. The summed E-state index contributed by atoms with van der Waals surface area (Å²) in [6.07, 6.45) is -3.08. The Morgan fingerprint density at radius 2 is 1.67 bits per heavy atom. The van der Waals surface area contributed by atoms with Gasteiger partial charge in [0.1, 0.15) is 18.7 Å². The first kappa shape index (κ1) is 41.3. The Morgan fingerprint density at radius 3 is 2.17 bits per heavy atom. The lowest BCUT2D eigenvalue weighted by molar-refractivity contribution is -0.192. The third kappa shape index (κ3) is 15.7. The largest absolute Gasteiger partial charge is 0.490 e. The molecule has 2 amide bonds. The lowest BCUT2D eigenvalue weighted by Crippen LogP contribution is -2.52. The fraction of sp³-hybridized carbons (Fsp3) is 0.414. The number of nitrogens with two attached hydrogens (primary N) is 3. The molecule has 0 bridgehead atoms. The second kappa shape index (κ2) is 19.8. The van der Waals surface area contributed by atoms with Gasteiger partial charge in [0.25, 0.3) is 10.1 Å². The van der Waals surface area contributed by atoms with E-state index in [9.17, 15) is 36.0 Å². The van der Waals surface area contributed by atoms with Crippen molar-refractivity contribution in [3.63, 3.8) is 0 Å². The van der Waals surface area contributed by atoms with E-state index in [0.717, 1.165) is 11.1 Å². The van der Waals surface area contributed by atoms with Gasteiger partial charge in [0, 0.05) is 13.1 Å². The first-order chi connectivity index (χ1) is 22.4. The molecule has 9 N–H and O–H groups in total. The maximum atomic E-state index is 12.8. The third-order valence-corrected chi connectivity index (χ3v) is 7.25. The number of esters is 1. The molecule has 1 saturated heterocycles. The van der Waals surface area contributed by atoms with Crippen LogP contribution in [0.3, 0.4) is 0 Å². The van der Waals surface area contributed by atoms with Gasteiger partial charge in [-0.3, -0.25) is 19.1 Å². The van der Waals surface area contributed by atoms with Crippen molar-refractivity contribution in [1.29, 1.82) is 0 Å². The summed E-state index contributed by atoms with van der Waals surface area (Å²) in [5, 5.41) is 9.86. The van der Waals surface area contributed by atoms with Gasteiger partial charge in [0.2, 0.25) is 11.8 Å². The molecule has 48 heavy (non-hydrogen) atoms. The van der Waals surface area contributed by atoms with Gasteiger partial charge in [0.15, 0.2) is 5.96 Å². The van der Waals surface area contributed by atoms with Crippen LogP contribution in [0.1, 0.15) is 36.8 Å². The average molecular weight is 705 g/mol. The molecule has 0 aliphatic carbocycles. The van der Waals surface area contributed by atoms with Gasteiger partial charge < -0.3 is 37.3 Å². The number of carbonyl (C=O) groups is 4. The summed E-state index contributed by atoms with van der Waals surface area (Å²) >= 11 is 0. The number of carbonyl (C=O) groups excluding carboxylic acids is 3. The molecule has 1 heterocycles. The number of aryl methyl sites for hydroxylation is 1. The maximum absolute atomic E-state index is 12.8. The summed E-state index contributed by atoms with van der Waals surface area (Å²) in [6, 6.07) is 13.7. The fourth-order valence-electron chi connectivity index (χ4n) is 4.02. The molecule has 3 rings (SSSR count). The number of benzene rings is 2. The fourth-order valence-corrected chi connectivity index (χ4v) is 4.50. The monoisotopic (exact) mass is 704 g/mol. The molecule has 2 atom stereocenters. The van der Waals surface area contributed by atoms with Crippen molar-refractivity contribution >= 4 is 39.8 Å². The van der Waals surface area contributed by atoms with Crippen LogP contribution in [0.25, 0.3) is 0 Å². The maximum Gasteiger partial charge on any atom is 0.490 e. The molecule has 1 aliphatic rings. The highest BCUT2D eigenvalue weighted by Crippen LogP contribution is 2.18. The quantitative estimate of drug-likeness (QED) is 0.0632. The number of carboxylic acid groups (broad SMARTS) is 1. The molecule has 2 aromatic carbocycles. The second-order valence-electron chi connectivity index (χ2n) is 10.1. The minimum Gasteiger partial charge on any atom is -0.475 e. The van der Waals surface area contributed by atoms with E-state index < -0.39 is 46.2 Å². The van der Waals surface area contributed by atoms with Crippen molar-refractivity contribution in [2.24, 2.45) is 22.2 Å². The number of alkyl halides is 3. The Kier molecular flexibility index (Phi) is 17.0. The molecule has 0 saturated carbocycles. The van der Waals surface area contributed by atoms with Crippen LogP contribution in [0.4, 0.5) is 13.2 Å². The highest BCUT2D eigenvalue weighted by atomic mass is 32.2. The SMILES string of the molecule is Cc1ccc(S(=O)(=O)O)cc1.NCC(=O)N1CCC[C@H]1C(=O)N[C@@H](CCCN=C(N)N)C(=O)OCc1ccccc1.O=C(O)C(F)(F)F. The van der Waals surface area contributed by atoms with E-state index in [2.05, 4.69) is 10.3 Å². The molecule has 0 spiro atoms. The lowest BCUT2D eigenvalue weighted by atomic mass is 10.1. The van der Waals surface area contributed by atoms with Crippen LogP contribution >= 0.6 is 0 Å². The van der Waals surface area contributed by atoms with E-state index in [1.54, 1.807) is 12.1 Å². The molecule has 266 valence electrons. The number of aliphatic carboxylic acids is 1. The Labute approximate surface area is 275 Å². The number of nitrogens with one attached hydrogen (secondary N) is 1. The molecular formula is C29H39F3N6O9S. The van der Waals surface area contributed by atoms with E-state index in [1.165, 1.54) is 17.0 Å². The molecule has 15 nitrogen and oxygen atoms in total. The van der Waals surface area contributed by atoms with Gasteiger partial charge in [-0.25, -0.2) is 9.59 Å². The number of guanidine groups is 1. The number of nitrogens with zero attached hydrogens (tertiary/aromatic N) is 2. The second-order valence-corrected chi connectivity index (χ2v) is 11.6. The van der Waals surface area contributed by atoms with Crippen molar-refractivity contribution in [2.45, 2.75) is 62.4 Å². The summed E-state index contributed by atoms with van der Waals surface area (Å²) in [6.45, 7) is 2.57. The topological polar surface area (TPSA) is 258 Å². The van der Waals surface area contributed by atoms with Gasteiger partial charge in [-0.05, 0) is 50.3 Å². The molecule has 2 aromatic rings. The van der Waals surface area contributed by atoms with Crippen molar-refractivity contribution in [3.8, 4) is 0 Å². The van der Waals surface area contributed by atoms with Crippen LogP contribution in [0.5, 0.6) is 0 Å². The molecule has 1 aliphatic heterocycles. The van der Waals surface area contributed by atoms with E-state index in [1.807, 2.05) is 37.3 Å². The molecule has 0 unspecified atom stereocenters. The predicted octanol–water partition coefficient (Wildman–Crippen LogP) is 1.09. The number of hydrogen-bond donors (Lipinski definition) is 6. The number of hydrogen-bond acceptors (Lipinski definition) is 9. The van der Waals surface area contributed by atoms with Crippen molar-refractivity contribution in [3.05, 3.63) is 65.7 Å². The van der Waals surface area contributed by atoms with E-state index in [4.69, 9.17) is 36.4 Å². The van der Waals surface area contributed by atoms with Gasteiger partial charge >= 0.3 is 18.1 Å². The van der Waals surface area contributed by atoms with Crippen LogP contribution in [0.2, 0.25) is 0 Å². The molecule has 19 heteroatoms. The highest BCUT2D eigenvalue weighted by molar-refractivity contribution is 7.85. The first-order valence-corrected chi connectivity index (χ1v) is 15.7. The summed E-state index contributed by atoms with van der Waals surface area (Å²) in [5.41, 5.74) is 17.9. The van der Waals surface area contributed by atoms with Crippen LogP contribution in [0.15, 0.2) is 64.5 Å². The number of likely N-dealkylation sites (tertiary alicyclic amines) is 1. The van der Waals surface area contributed by atoms with E-state index >= 15 is 0 Å². The van der Waals surface area contributed by atoms with Gasteiger partial charge in [0.05, 0.1) is 11.4 Å². The summed E-state index contributed by atoms with van der Waals surface area (Å²) in [7, 11) is -4.02. The number of ether oxygens (including phenoxy) is 1. The minimum atomic E-state index is -5.08. The Morgan fingerprint density at radius 1 is 1.08 bits per heavy atom. The van der Waals surface area contributed by atoms with E-state index in [0.29, 0.717) is 38.8 Å². The minimum absolute atomic E-state index is 0.0378. The number of rotatable bonds is 11. The Hall–Kier alpha value is -4.75. The van der Waals surface area contributed by atoms with Crippen molar-refractivity contribution in [2.75, 3.05) is 19.6 Å². The standard InChI is InChI=1S/C20H30N6O4.C7H8O3S.C2HF3O2/c21-12-17(27)26-11-5-9-16(26)18(28)25-15(8-4-10-24-20(22)23)19(29)30-13-14-6-2-1-3-7-14;1-6-2-4-7(5-3-6)11(8,9)10;3-2(4,5)1(6)7/h1-3,6-7,15-16H,4-5,8-13,21H2,(H,25,28)(H4,22,23,24);2-5H,1H3,(H,8,9,10);(H,6,7)/t15-,16-;;/m0../s1. The van der Waals surface area contributed by atoms with Crippen molar-refractivity contribution < 1.29 is 55.2 Å². The number of amides is 2. The van der Waals surface area contributed by atoms with Crippen LogP contribution in [0, 0.1) is 6.92 Å². The molecule has 0 radical (unpaired) electrons. The zero-order chi connectivity index (χ0) is 36.5. The number of aliphatic imine (C=N–C) groups is 1. The van der Waals surface area contributed by atoms with Crippen molar-refractivity contribution in [1.82, 2.24) is 10.2 Å². The highest BCUT2D eigenvalue weighted by Gasteiger charge is 2.38. The smallest absolute Gasteiger partial charge is 0.475 e. The summed E-state index contributed by atoms with van der Waals surface area (Å²) in [5.74, 6) is -4.02. The van der Waals surface area contributed by atoms with E-state index in [-0.39, 0.29) is 29.9 Å². The van der Waals surface area contributed by atoms with Crippen LogP contribution < -0.4 is 22.5 Å². The predicted molar refractivity (Wildman–Crippen MR) is 167 cm³/mol. The normalized spacial score (nSPS) is 14.6. The van der Waals surface area contributed by atoms with Gasteiger partial charge in [-0.15, -0.1) is 0 Å². The van der Waals surface area contributed by atoms with Crippen LogP contribution in [-0.2, 0) is 40.6 Å². The Bertz CT molecular complexity index is 1490. The molecular weight excluding hydrogens is 665 g/mol. The first-order valence-electron chi connectivity index (χ1n) is 14.3. The average Bonchev–Trinajstić information content (AvgIpc) is 3.52. The number of halogens is 3. The van der Waals surface area contributed by atoms with Crippen LogP contribution in [-0.4, -0.2) is 90.6 Å². The molecule has 0 aromatic heterocycles. The number of carboxylic acids is 1. The van der Waals surface area contributed by atoms with Gasteiger partial charge in [-0.1, -0.05) is 48.0 Å².